The van der Waals surface area contributed by atoms with Crippen LogP contribution in [0.1, 0.15) is 38.2 Å². The van der Waals surface area contributed by atoms with Gasteiger partial charge in [0.25, 0.3) is 0 Å². The number of hydrogen-bond acceptors (Lipinski definition) is 5. The van der Waals surface area contributed by atoms with Gasteiger partial charge in [0.2, 0.25) is 5.91 Å². The molecule has 1 aromatic heterocycles. The molecule has 0 aliphatic carbocycles. The number of aromatic nitrogens is 1. The molecule has 30 heavy (non-hydrogen) atoms. The lowest BCUT2D eigenvalue weighted by Crippen LogP contribution is -2.55. The van der Waals surface area contributed by atoms with Gasteiger partial charge in [-0.05, 0) is 44.7 Å². The molecule has 0 saturated carbocycles. The van der Waals surface area contributed by atoms with Crippen molar-refractivity contribution in [3.05, 3.63) is 23.9 Å². The number of likely N-dealkylation sites (tertiary alicyclic amines) is 1. The zero-order chi connectivity index (χ0) is 21.9. The van der Waals surface area contributed by atoms with E-state index in [4.69, 9.17) is 6.42 Å². The van der Waals surface area contributed by atoms with Crippen molar-refractivity contribution in [2.24, 2.45) is 0 Å². The molecule has 2 aliphatic heterocycles. The Morgan fingerprint density at radius 1 is 1.37 bits per heavy atom. The number of nitrogens with one attached hydrogen (secondary N) is 1. The van der Waals surface area contributed by atoms with Crippen molar-refractivity contribution in [1.29, 1.82) is 5.26 Å². The predicted octanol–water partition coefficient (Wildman–Crippen LogP) is 2.57. The van der Waals surface area contributed by atoms with E-state index in [0.29, 0.717) is 44.6 Å². The molecule has 0 spiro atoms. The van der Waals surface area contributed by atoms with Crippen LogP contribution >= 0.6 is 0 Å². The fourth-order valence-electron chi connectivity index (χ4n) is 4.00. The largest absolute Gasteiger partial charge is 0.416 e. The molecule has 0 radical (unpaired) electrons. The molecule has 1 N–H and O–H groups in total. The summed E-state index contributed by atoms with van der Waals surface area (Å²) in [5, 5.41) is 12.5. The fraction of sp³-hybridized carbons (Fsp3) is 0.571. The van der Waals surface area contributed by atoms with Crippen LogP contribution in [-0.2, 0) is 11.0 Å². The van der Waals surface area contributed by atoms with E-state index in [2.05, 4.69) is 22.3 Å². The van der Waals surface area contributed by atoms with Crippen LogP contribution in [0.25, 0.3) is 0 Å². The minimum Gasteiger partial charge on any atom is -0.356 e. The van der Waals surface area contributed by atoms with Gasteiger partial charge in [-0.25, -0.2) is 4.98 Å². The smallest absolute Gasteiger partial charge is 0.356 e. The number of nitriles is 1. The molecular weight excluding hydrogens is 395 g/mol. The maximum absolute atomic E-state index is 12.9. The van der Waals surface area contributed by atoms with E-state index in [9.17, 15) is 23.2 Å². The van der Waals surface area contributed by atoms with Gasteiger partial charge in [-0.2, -0.15) is 18.4 Å². The van der Waals surface area contributed by atoms with Crippen LogP contribution in [0, 0.1) is 23.7 Å². The van der Waals surface area contributed by atoms with Gasteiger partial charge in [-0.1, -0.05) is 5.92 Å². The maximum Gasteiger partial charge on any atom is 0.416 e. The first-order valence-corrected chi connectivity index (χ1v) is 9.87. The number of anilines is 1. The Labute approximate surface area is 174 Å². The number of nitrogens with zero attached hydrogens (tertiary/aromatic N) is 4. The Hall–Kier alpha value is -2.78. The topological polar surface area (TPSA) is 72.3 Å². The SMILES string of the molecule is C#C[C@H]1CC[C@@H](C#N)N1C(=O)CNC1(C)CCN(c2cc(C(F)(F)F)ccn2)CC1. The van der Waals surface area contributed by atoms with Crippen LogP contribution in [0.5, 0.6) is 0 Å². The van der Waals surface area contributed by atoms with Crippen LogP contribution in [0.4, 0.5) is 19.0 Å². The molecule has 1 aromatic rings. The van der Waals surface area contributed by atoms with Gasteiger partial charge < -0.3 is 15.1 Å². The Kier molecular flexibility index (Phi) is 6.23. The Morgan fingerprint density at radius 3 is 2.63 bits per heavy atom. The summed E-state index contributed by atoms with van der Waals surface area (Å²) in [6, 6.07) is 3.30. The summed E-state index contributed by atoms with van der Waals surface area (Å²) in [6.07, 6.45) is 4.74. The lowest BCUT2D eigenvalue weighted by molar-refractivity contribution is -0.137. The molecule has 2 saturated heterocycles. The maximum atomic E-state index is 12.9. The molecule has 0 unspecified atom stereocenters. The van der Waals surface area contributed by atoms with E-state index in [-0.39, 0.29) is 24.0 Å². The van der Waals surface area contributed by atoms with Gasteiger partial charge in [-0.3, -0.25) is 4.79 Å². The first kappa shape index (κ1) is 21.9. The highest BCUT2D eigenvalue weighted by Gasteiger charge is 2.38. The van der Waals surface area contributed by atoms with Crippen molar-refractivity contribution < 1.29 is 18.0 Å². The molecule has 6 nitrogen and oxygen atoms in total. The number of carbonyl (C=O) groups is 1. The van der Waals surface area contributed by atoms with Crippen LogP contribution in [0.15, 0.2) is 18.3 Å². The van der Waals surface area contributed by atoms with Crippen molar-refractivity contribution in [2.75, 3.05) is 24.5 Å². The third-order valence-corrected chi connectivity index (χ3v) is 5.94. The van der Waals surface area contributed by atoms with E-state index in [1.54, 1.807) is 0 Å². The van der Waals surface area contributed by atoms with Gasteiger partial charge in [0, 0.05) is 24.8 Å². The second-order valence-electron chi connectivity index (χ2n) is 8.01. The molecule has 0 aromatic carbocycles. The number of rotatable bonds is 4. The summed E-state index contributed by atoms with van der Waals surface area (Å²) in [4.78, 5) is 20.1. The summed E-state index contributed by atoms with van der Waals surface area (Å²) >= 11 is 0. The van der Waals surface area contributed by atoms with Gasteiger partial charge in [-0.15, -0.1) is 6.42 Å². The Balaban J connectivity index is 1.57. The number of carbonyl (C=O) groups excluding carboxylic acids is 1. The quantitative estimate of drug-likeness (QED) is 0.760. The summed E-state index contributed by atoms with van der Waals surface area (Å²) in [7, 11) is 0. The Bertz CT molecular complexity index is 843. The number of terminal acetylenes is 1. The number of pyridine rings is 1. The van der Waals surface area contributed by atoms with E-state index in [1.807, 2.05) is 11.8 Å². The average molecular weight is 419 g/mol. The molecule has 9 heteroatoms. The average Bonchev–Trinajstić information content (AvgIpc) is 3.15. The first-order chi connectivity index (χ1) is 14.2. The fourth-order valence-corrected chi connectivity index (χ4v) is 4.00. The zero-order valence-electron chi connectivity index (χ0n) is 16.7. The monoisotopic (exact) mass is 419 g/mol. The highest BCUT2D eigenvalue weighted by molar-refractivity contribution is 5.80. The van der Waals surface area contributed by atoms with Crippen LogP contribution < -0.4 is 10.2 Å². The lowest BCUT2D eigenvalue weighted by atomic mass is 9.89. The number of alkyl halides is 3. The van der Waals surface area contributed by atoms with Gasteiger partial charge in [0.05, 0.1) is 24.2 Å². The first-order valence-electron chi connectivity index (χ1n) is 9.87. The summed E-state index contributed by atoms with van der Waals surface area (Å²) in [5.74, 6) is 2.67. The lowest BCUT2D eigenvalue weighted by Gasteiger charge is -2.41. The van der Waals surface area contributed by atoms with Crippen molar-refractivity contribution in [1.82, 2.24) is 15.2 Å². The molecule has 3 rings (SSSR count). The van der Waals surface area contributed by atoms with Crippen molar-refractivity contribution >= 4 is 11.7 Å². The Morgan fingerprint density at radius 2 is 2.03 bits per heavy atom. The van der Waals surface area contributed by atoms with Crippen LogP contribution in [0.3, 0.4) is 0 Å². The minimum absolute atomic E-state index is 0.0642. The molecule has 2 fully saturated rings. The molecule has 160 valence electrons. The predicted molar refractivity (Wildman–Crippen MR) is 105 cm³/mol. The third-order valence-electron chi connectivity index (χ3n) is 5.94. The normalized spacial score (nSPS) is 23.7. The van der Waals surface area contributed by atoms with E-state index in [1.165, 1.54) is 11.1 Å². The highest BCUT2D eigenvalue weighted by atomic mass is 19.4. The van der Waals surface area contributed by atoms with Crippen molar-refractivity contribution in [3.8, 4) is 18.4 Å². The number of amides is 1. The van der Waals surface area contributed by atoms with Crippen molar-refractivity contribution in [2.45, 2.75) is 56.4 Å². The molecular formula is C21H24F3N5O. The summed E-state index contributed by atoms with van der Waals surface area (Å²) in [5.41, 5.74) is -1.06. The van der Waals surface area contributed by atoms with E-state index >= 15 is 0 Å². The van der Waals surface area contributed by atoms with Crippen molar-refractivity contribution in [3.63, 3.8) is 0 Å². The van der Waals surface area contributed by atoms with E-state index in [0.717, 1.165) is 12.1 Å². The van der Waals surface area contributed by atoms with Gasteiger partial charge >= 0.3 is 6.18 Å². The third kappa shape index (κ3) is 4.68. The molecule has 0 bridgehead atoms. The summed E-state index contributed by atoms with van der Waals surface area (Å²) < 4.78 is 38.8. The summed E-state index contributed by atoms with van der Waals surface area (Å²) in [6.45, 7) is 3.09. The van der Waals surface area contributed by atoms with E-state index < -0.39 is 17.8 Å². The number of piperidine rings is 1. The molecule has 2 aliphatic rings. The molecule has 3 heterocycles. The standard InChI is InChI=1S/C21H24F3N5O/c1-3-16-4-5-17(13-25)29(16)19(30)14-27-20(2)7-10-28(11-8-20)18-12-15(6-9-26-18)21(22,23)24/h1,6,9,12,16-17,27H,4-5,7-8,10-11,14H2,2H3/t16-,17-/m0/s1. The second-order valence-corrected chi connectivity index (χ2v) is 8.01. The van der Waals surface area contributed by atoms with Gasteiger partial charge in [0.1, 0.15) is 11.9 Å². The van der Waals surface area contributed by atoms with Crippen LogP contribution in [-0.4, -0.2) is 53.0 Å². The molecule has 1 amide bonds. The molecule has 2 atom stereocenters. The highest BCUT2D eigenvalue weighted by Crippen LogP contribution is 2.32. The van der Waals surface area contributed by atoms with Crippen LogP contribution in [0.2, 0.25) is 0 Å². The van der Waals surface area contributed by atoms with Gasteiger partial charge in [0.15, 0.2) is 0 Å². The zero-order valence-corrected chi connectivity index (χ0v) is 16.7. The number of hydrogen-bond donors (Lipinski definition) is 1. The number of halogens is 3. The second kappa shape index (κ2) is 8.53. The minimum atomic E-state index is -4.41.